The normalized spacial score (nSPS) is 13.8. The minimum Gasteiger partial charge on any atom is -0.391 e. The van der Waals surface area contributed by atoms with Crippen LogP contribution >= 0.6 is 0 Å². The lowest BCUT2D eigenvalue weighted by Gasteiger charge is -2.13. The van der Waals surface area contributed by atoms with Gasteiger partial charge in [0.25, 0.3) is 0 Å². The second-order valence-corrected chi connectivity index (χ2v) is 2.61. The van der Waals surface area contributed by atoms with Gasteiger partial charge in [-0.15, -0.1) is 0 Å². The van der Waals surface area contributed by atoms with E-state index in [2.05, 4.69) is 0 Å². The largest absolute Gasteiger partial charge is 0.391 e. The van der Waals surface area contributed by atoms with Gasteiger partial charge >= 0.3 is 0 Å². The van der Waals surface area contributed by atoms with E-state index in [0.717, 1.165) is 0 Å². The number of methoxy groups -OCH3 is 2. The minimum atomic E-state index is -0.409. The summed E-state index contributed by atoms with van der Waals surface area (Å²) in [7, 11) is 3.17. The highest BCUT2D eigenvalue weighted by Crippen LogP contribution is 1.97. The van der Waals surface area contributed by atoms with Crippen molar-refractivity contribution in [3.8, 4) is 0 Å². The highest BCUT2D eigenvalue weighted by molar-refractivity contribution is 4.45. The van der Waals surface area contributed by atoms with E-state index in [9.17, 15) is 0 Å². The Hall–Kier alpha value is -0.160. The molecule has 1 atom stereocenters. The fourth-order valence-electron chi connectivity index (χ4n) is 0.765. The Kier molecular flexibility index (Phi) is 7.39. The van der Waals surface area contributed by atoms with Crippen molar-refractivity contribution in [2.45, 2.75) is 25.7 Å². The molecule has 1 unspecified atom stereocenters. The molecular formula is C8H18O4. The molecule has 4 heteroatoms. The smallest absolute Gasteiger partial charge is 0.159 e. The van der Waals surface area contributed by atoms with Gasteiger partial charge in [0.15, 0.2) is 6.29 Å². The van der Waals surface area contributed by atoms with Crippen LogP contribution in [0.1, 0.15) is 13.3 Å². The molecule has 0 aromatic carbocycles. The zero-order valence-electron chi connectivity index (χ0n) is 7.95. The molecule has 0 radical (unpaired) electrons. The molecule has 0 rings (SSSR count). The van der Waals surface area contributed by atoms with E-state index in [1.54, 1.807) is 21.1 Å². The molecule has 0 aromatic rings. The molecule has 0 aliphatic rings. The lowest BCUT2D eigenvalue weighted by molar-refractivity contribution is -0.117. The molecule has 4 nitrogen and oxygen atoms in total. The van der Waals surface area contributed by atoms with Crippen molar-refractivity contribution in [2.24, 2.45) is 0 Å². The van der Waals surface area contributed by atoms with E-state index >= 15 is 0 Å². The van der Waals surface area contributed by atoms with Crippen molar-refractivity contribution in [2.75, 3.05) is 27.4 Å². The van der Waals surface area contributed by atoms with Gasteiger partial charge in [-0.25, -0.2) is 0 Å². The summed E-state index contributed by atoms with van der Waals surface area (Å²) in [5.74, 6) is 0. The Balaban J connectivity index is 3.17. The van der Waals surface area contributed by atoms with Gasteiger partial charge in [0.05, 0.1) is 19.3 Å². The summed E-state index contributed by atoms with van der Waals surface area (Å²) in [5, 5.41) is 8.84. The lowest BCUT2D eigenvalue weighted by atomic mass is 10.4. The minimum absolute atomic E-state index is 0.209. The summed E-state index contributed by atoms with van der Waals surface area (Å²) in [6, 6.07) is 0. The first kappa shape index (κ1) is 11.8. The van der Waals surface area contributed by atoms with Gasteiger partial charge < -0.3 is 19.3 Å². The Morgan fingerprint density at radius 3 is 2.25 bits per heavy atom. The summed E-state index contributed by atoms with van der Waals surface area (Å²) in [5.41, 5.74) is 0. The van der Waals surface area contributed by atoms with Gasteiger partial charge in [-0.3, -0.25) is 0 Å². The van der Waals surface area contributed by atoms with E-state index in [4.69, 9.17) is 19.3 Å². The van der Waals surface area contributed by atoms with Gasteiger partial charge in [-0.05, 0) is 6.92 Å². The molecule has 0 fully saturated rings. The standard InChI is InChI=1S/C8H18O4/c1-7(9)6-12-5-4-8(10-2)11-3/h7-9H,4-6H2,1-3H3. The summed E-state index contributed by atoms with van der Waals surface area (Å²) >= 11 is 0. The molecule has 0 heterocycles. The molecule has 0 saturated carbocycles. The first-order chi connectivity index (χ1) is 5.70. The van der Waals surface area contributed by atoms with Crippen LogP contribution in [0.15, 0.2) is 0 Å². The van der Waals surface area contributed by atoms with Crippen LogP contribution < -0.4 is 0 Å². The zero-order chi connectivity index (χ0) is 9.40. The van der Waals surface area contributed by atoms with Gasteiger partial charge in [0, 0.05) is 20.6 Å². The van der Waals surface area contributed by atoms with E-state index in [0.29, 0.717) is 19.6 Å². The molecule has 1 N–H and O–H groups in total. The van der Waals surface area contributed by atoms with Crippen LogP contribution in [0.4, 0.5) is 0 Å². The van der Waals surface area contributed by atoms with Crippen LogP contribution in [0.3, 0.4) is 0 Å². The lowest BCUT2D eigenvalue weighted by Crippen LogP contribution is -2.18. The molecule has 0 bridgehead atoms. The monoisotopic (exact) mass is 178 g/mol. The van der Waals surface area contributed by atoms with Gasteiger partial charge in [-0.2, -0.15) is 0 Å². The molecule has 12 heavy (non-hydrogen) atoms. The molecule has 0 amide bonds. The second-order valence-electron chi connectivity index (χ2n) is 2.61. The van der Waals surface area contributed by atoms with Crippen molar-refractivity contribution in [3.05, 3.63) is 0 Å². The first-order valence-corrected chi connectivity index (χ1v) is 4.02. The number of ether oxygens (including phenoxy) is 3. The topological polar surface area (TPSA) is 47.9 Å². The van der Waals surface area contributed by atoms with E-state index < -0.39 is 6.10 Å². The van der Waals surface area contributed by atoms with Crippen LogP contribution in [0, 0.1) is 0 Å². The third kappa shape index (κ3) is 6.54. The third-order valence-electron chi connectivity index (χ3n) is 1.38. The first-order valence-electron chi connectivity index (χ1n) is 4.02. The molecule has 0 saturated heterocycles. The molecule has 0 spiro atoms. The van der Waals surface area contributed by atoms with Crippen LogP contribution in [0.5, 0.6) is 0 Å². The van der Waals surface area contributed by atoms with Crippen LogP contribution in [-0.4, -0.2) is 44.9 Å². The highest BCUT2D eigenvalue weighted by Gasteiger charge is 2.04. The Morgan fingerprint density at radius 1 is 1.25 bits per heavy atom. The number of hydrogen-bond donors (Lipinski definition) is 1. The van der Waals surface area contributed by atoms with Crippen molar-refractivity contribution < 1.29 is 19.3 Å². The number of hydrogen-bond acceptors (Lipinski definition) is 4. The predicted octanol–water partition coefficient (Wildman–Crippen LogP) is 0.393. The second kappa shape index (κ2) is 7.49. The summed E-state index contributed by atoms with van der Waals surface area (Å²) in [6.45, 7) is 2.58. The van der Waals surface area contributed by atoms with Crippen molar-refractivity contribution >= 4 is 0 Å². The average Bonchev–Trinajstić information content (AvgIpc) is 2.04. The maximum absolute atomic E-state index is 8.84. The molecule has 0 aromatic heterocycles. The number of aliphatic hydroxyl groups is 1. The maximum atomic E-state index is 8.84. The highest BCUT2D eigenvalue weighted by atomic mass is 16.7. The summed E-state index contributed by atoms with van der Waals surface area (Å²) in [6.07, 6.45) is 0.0623. The third-order valence-corrected chi connectivity index (χ3v) is 1.38. The van der Waals surface area contributed by atoms with E-state index in [1.807, 2.05) is 0 Å². The molecule has 74 valence electrons. The SMILES string of the molecule is COC(CCOCC(C)O)OC. The van der Waals surface area contributed by atoms with Crippen LogP contribution in [0.2, 0.25) is 0 Å². The predicted molar refractivity (Wildman–Crippen MR) is 44.9 cm³/mol. The Labute approximate surface area is 73.4 Å². The van der Waals surface area contributed by atoms with E-state index in [-0.39, 0.29) is 6.29 Å². The van der Waals surface area contributed by atoms with Crippen molar-refractivity contribution in [1.29, 1.82) is 0 Å². The Bertz CT molecular complexity index is 91.1. The van der Waals surface area contributed by atoms with Crippen LogP contribution in [0.25, 0.3) is 0 Å². The fraction of sp³-hybridized carbons (Fsp3) is 1.00. The molecule has 0 aliphatic heterocycles. The van der Waals surface area contributed by atoms with Crippen molar-refractivity contribution in [3.63, 3.8) is 0 Å². The van der Waals surface area contributed by atoms with Crippen LogP contribution in [-0.2, 0) is 14.2 Å². The summed E-state index contributed by atoms with van der Waals surface area (Å²) in [4.78, 5) is 0. The molecular weight excluding hydrogens is 160 g/mol. The Morgan fingerprint density at radius 2 is 1.83 bits per heavy atom. The summed E-state index contributed by atoms with van der Waals surface area (Å²) < 4.78 is 15.0. The number of rotatable bonds is 7. The molecule has 0 aliphatic carbocycles. The van der Waals surface area contributed by atoms with Gasteiger partial charge in [-0.1, -0.05) is 0 Å². The maximum Gasteiger partial charge on any atom is 0.159 e. The van der Waals surface area contributed by atoms with E-state index in [1.165, 1.54) is 0 Å². The van der Waals surface area contributed by atoms with Gasteiger partial charge in [0.2, 0.25) is 0 Å². The van der Waals surface area contributed by atoms with Gasteiger partial charge in [0.1, 0.15) is 0 Å². The van der Waals surface area contributed by atoms with Crippen molar-refractivity contribution in [1.82, 2.24) is 0 Å². The average molecular weight is 178 g/mol. The fourth-order valence-corrected chi connectivity index (χ4v) is 0.765. The quantitative estimate of drug-likeness (QED) is 0.452. The number of aliphatic hydroxyl groups excluding tert-OH is 1. The zero-order valence-corrected chi connectivity index (χ0v) is 7.95.